The summed E-state index contributed by atoms with van der Waals surface area (Å²) < 4.78 is 11.1. The zero-order chi connectivity index (χ0) is 20.8. The highest BCUT2D eigenvalue weighted by molar-refractivity contribution is 5.77. The van der Waals surface area contributed by atoms with Gasteiger partial charge in [0, 0.05) is 38.9 Å². The first-order valence-corrected chi connectivity index (χ1v) is 10.8. The zero-order valence-corrected chi connectivity index (χ0v) is 17.7. The van der Waals surface area contributed by atoms with Gasteiger partial charge in [-0.25, -0.2) is 0 Å². The standard InChI is InChI=1S/C24H31N3O3/c1-26-11-5-6-19-16-20(9-10-22(19)26)23(27-12-14-29-15-13-27)17-25-24(28)18-30-21-7-3-2-4-8-21/h2-4,7-10,16,23H,5-6,11-15,17-18H2,1H3,(H,25,28). The zero-order valence-electron chi connectivity index (χ0n) is 17.7. The van der Waals surface area contributed by atoms with Crippen LogP contribution in [0.5, 0.6) is 5.75 Å². The third kappa shape index (κ3) is 5.12. The second-order valence-electron chi connectivity index (χ2n) is 7.98. The average molecular weight is 410 g/mol. The van der Waals surface area contributed by atoms with Crippen LogP contribution in [0.2, 0.25) is 0 Å². The van der Waals surface area contributed by atoms with Crippen LogP contribution >= 0.6 is 0 Å². The van der Waals surface area contributed by atoms with Crippen LogP contribution in [-0.2, 0) is 16.0 Å². The molecule has 2 aromatic rings. The molecule has 0 saturated carbocycles. The molecule has 0 bridgehead atoms. The van der Waals surface area contributed by atoms with Crippen molar-refractivity contribution in [3.63, 3.8) is 0 Å². The van der Waals surface area contributed by atoms with Crippen molar-refractivity contribution in [3.05, 3.63) is 59.7 Å². The van der Waals surface area contributed by atoms with Crippen molar-refractivity contribution in [2.45, 2.75) is 18.9 Å². The molecular weight excluding hydrogens is 378 g/mol. The molecule has 4 rings (SSSR count). The number of aryl methyl sites for hydroxylation is 1. The van der Waals surface area contributed by atoms with Crippen molar-refractivity contribution in [2.24, 2.45) is 0 Å². The first-order valence-electron chi connectivity index (χ1n) is 10.8. The topological polar surface area (TPSA) is 54.0 Å². The van der Waals surface area contributed by atoms with Gasteiger partial charge in [-0.2, -0.15) is 0 Å². The Kier molecular flexibility index (Phi) is 6.87. The van der Waals surface area contributed by atoms with Gasteiger partial charge in [-0.15, -0.1) is 0 Å². The Morgan fingerprint density at radius 3 is 2.73 bits per heavy atom. The highest BCUT2D eigenvalue weighted by Crippen LogP contribution is 2.30. The molecule has 30 heavy (non-hydrogen) atoms. The molecule has 0 spiro atoms. The number of para-hydroxylation sites is 1. The van der Waals surface area contributed by atoms with E-state index in [1.165, 1.54) is 23.2 Å². The number of fused-ring (bicyclic) bond motifs is 1. The average Bonchev–Trinajstić information content (AvgIpc) is 2.79. The van der Waals surface area contributed by atoms with Crippen LogP contribution in [0.25, 0.3) is 0 Å². The van der Waals surface area contributed by atoms with E-state index in [1.807, 2.05) is 30.3 Å². The van der Waals surface area contributed by atoms with E-state index < -0.39 is 0 Å². The fraction of sp³-hybridized carbons (Fsp3) is 0.458. The van der Waals surface area contributed by atoms with Crippen molar-refractivity contribution in [1.82, 2.24) is 10.2 Å². The van der Waals surface area contributed by atoms with E-state index in [-0.39, 0.29) is 18.6 Å². The first kappa shape index (κ1) is 20.7. The number of hydrogen-bond donors (Lipinski definition) is 1. The molecule has 1 saturated heterocycles. The van der Waals surface area contributed by atoms with E-state index in [0.29, 0.717) is 12.3 Å². The minimum Gasteiger partial charge on any atom is -0.484 e. The Morgan fingerprint density at radius 1 is 1.13 bits per heavy atom. The molecule has 2 aliphatic rings. The number of hydrogen-bond acceptors (Lipinski definition) is 5. The molecule has 2 heterocycles. The molecule has 1 fully saturated rings. The van der Waals surface area contributed by atoms with Gasteiger partial charge in [-0.05, 0) is 42.2 Å². The number of benzene rings is 2. The molecule has 6 heteroatoms. The lowest BCUT2D eigenvalue weighted by Gasteiger charge is -2.36. The van der Waals surface area contributed by atoms with Gasteiger partial charge < -0.3 is 19.7 Å². The number of rotatable bonds is 7. The molecule has 0 aromatic heterocycles. The number of carbonyl (C=O) groups excluding carboxylic acids is 1. The van der Waals surface area contributed by atoms with E-state index in [0.717, 1.165) is 39.3 Å². The SMILES string of the molecule is CN1CCCc2cc(C(CNC(=O)COc3ccccc3)N3CCOCC3)ccc21. The maximum Gasteiger partial charge on any atom is 0.258 e. The highest BCUT2D eigenvalue weighted by atomic mass is 16.5. The molecule has 6 nitrogen and oxygen atoms in total. The van der Waals surface area contributed by atoms with Gasteiger partial charge in [0.1, 0.15) is 5.75 Å². The van der Waals surface area contributed by atoms with Gasteiger partial charge in [0.25, 0.3) is 5.91 Å². The van der Waals surface area contributed by atoms with Crippen molar-refractivity contribution in [3.8, 4) is 5.75 Å². The molecular formula is C24H31N3O3. The van der Waals surface area contributed by atoms with Gasteiger partial charge in [0.2, 0.25) is 0 Å². The Morgan fingerprint density at radius 2 is 1.93 bits per heavy atom. The van der Waals surface area contributed by atoms with Crippen molar-refractivity contribution in [2.75, 3.05) is 57.9 Å². The number of nitrogens with zero attached hydrogens (tertiary/aromatic N) is 2. The number of amides is 1. The van der Waals surface area contributed by atoms with E-state index in [4.69, 9.17) is 9.47 Å². The number of morpholine rings is 1. The van der Waals surface area contributed by atoms with Crippen LogP contribution in [0.15, 0.2) is 48.5 Å². The third-order valence-electron chi connectivity index (χ3n) is 5.93. The van der Waals surface area contributed by atoms with Gasteiger partial charge in [0.15, 0.2) is 6.61 Å². The molecule has 160 valence electrons. The maximum absolute atomic E-state index is 12.4. The lowest BCUT2D eigenvalue weighted by Crippen LogP contribution is -2.44. The molecule has 1 unspecified atom stereocenters. The summed E-state index contributed by atoms with van der Waals surface area (Å²) in [6, 6.07) is 16.3. The number of anilines is 1. The van der Waals surface area contributed by atoms with Crippen LogP contribution < -0.4 is 15.0 Å². The normalized spacial score (nSPS) is 17.8. The lowest BCUT2D eigenvalue weighted by atomic mass is 9.95. The number of carbonyl (C=O) groups is 1. The van der Waals surface area contributed by atoms with Crippen molar-refractivity contribution < 1.29 is 14.3 Å². The quantitative estimate of drug-likeness (QED) is 0.762. The number of ether oxygens (including phenoxy) is 2. The lowest BCUT2D eigenvalue weighted by molar-refractivity contribution is -0.123. The van der Waals surface area contributed by atoms with Gasteiger partial charge in [-0.1, -0.05) is 30.3 Å². The minimum atomic E-state index is -0.102. The molecule has 0 aliphatic carbocycles. The summed E-state index contributed by atoms with van der Waals surface area (Å²) in [6.45, 7) is 4.90. The Labute approximate surface area is 178 Å². The van der Waals surface area contributed by atoms with E-state index in [2.05, 4.69) is 40.4 Å². The summed E-state index contributed by atoms with van der Waals surface area (Å²) in [7, 11) is 2.16. The van der Waals surface area contributed by atoms with Gasteiger partial charge in [-0.3, -0.25) is 9.69 Å². The largest absolute Gasteiger partial charge is 0.484 e. The van der Waals surface area contributed by atoms with Crippen LogP contribution in [0.1, 0.15) is 23.6 Å². The Bertz CT molecular complexity index is 837. The Balaban J connectivity index is 1.43. The van der Waals surface area contributed by atoms with Gasteiger partial charge in [0.05, 0.1) is 19.3 Å². The Hall–Kier alpha value is -2.57. The molecule has 2 aliphatic heterocycles. The second kappa shape index (κ2) is 9.96. The first-order chi connectivity index (χ1) is 14.7. The summed E-state index contributed by atoms with van der Waals surface area (Å²) in [5.74, 6) is 0.603. The maximum atomic E-state index is 12.4. The highest BCUT2D eigenvalue weighted by Gasteiger charge is 2.25. The summed E-state index contributed by atoms with van der Waals surface area (Å²) in [5, 5.41) is 3.08. The molecule has 1 N–H and O–H groups in total. The van der Waals surface area contributed by atoms with Crippen molar-refractivity contribution >= 4 is 11.6 Å². The van der Waals surface area contributed by atoms with Crippen LogP contribution in [-0.4, -0.2) is 63.9 Å². The molecule has 0 radical (unpaired) electrons. The fourth-order valence-corrected chi connectivity index (χ4v) is 4.29. The summed E-state index contributed by atoms with van der Waals surface area (Å²) in [4.78, 5) is 17.2. The van der Waals surface area contributed by atoms with Gasteiger partial charge >= 0.3 is 0 Å². The van der Waals surface area contributed by atoms with E-state index >= 15 is 0 Å². The van der Waals surface area contributed by atoms with E-state index in [1.54, 1.807) is 0 Å². The smallest absolute Gasteiger partial charge is 0.258 e. The minimum absolute atomic E-state index is 0.0226. The predicted octanol–water partition coefficient (Wildman–Crippen LogP) is 2.64. The van der Waals surface area contributed by atoms with Crippen LogP contribution in [0.3, 0.4) is 0 Å². The van der Waals surface area contributed by atoms with E-state index in [9.17, 15) is 4.79 Å². The monoisotopic (exact) mass is 409 g/mol. The second-order valence-corrected chi connectivity index (χ2v) is 7.98. The molecule has 2 aromatic carbocycles. The molecule has 1 amide bonds. The predicted molar refractivity (Wildman–Crippen MR) is 118 cm³/mol. The van der Waals surface area contributed by atoms with Crippen LogP contribution in [0, 0.1) is 0 Å². The number of nitrogens with one attached hydrogen (secondary N) is 1. The molecule has 1 atom stereocenters. The fourth-order valence-electron chi connectivity index (χ4n) is 4.29. The third-order valence-corrected chi connectivity index (χ3v) is 5.93. The summed E-state index contributed by atoms with van der Waals surface area (Å²) in [6.07, 6.45) is 2.29. The summed E-state index contributed by atoms with van der Waals surface area (Å²) in [5.41, 5.74) is 3.99. The summed E-state index contributed by atoms with van der Waals surface area (Å²) >= 11 is 0. The van der Waals surface area contributed by atoms with Crippen LogP contribution in [0.4, 0.5) is 5.69 Å². The van der Waals surface area contributed by atoms with Crippen molar-refractivity contribution in [1.29, 1.82) is 0 Å².